The fourth-order valence-corrected chi connectivity index (χ4v) is 2.99. The zero-order valence-electron chi connectivity index (χ0n) is 14.0. The number of amides is 2. The fraction of sp³-hybridized carbons (Fsp3) is 0.250. The van der Waals surface area contributed by atoms with Gasteiger partial charge in [-0.2, -0.15) is 0 Å². The summed E-state index contributed by atoms with van der Waals surface area (Å²) < 4.78 is 0. The van der Waals surface area contributed by atoms with Crippen LogP contribution in [0.15, 0.2) is 48.5 Å². The molecule has 1 heterocycles. The van der Waals surface area contributed by atoms with Gasteiger partial charge in [0.25, 0.3) is 5.91 Å². The summed E-state index contributed by atoms with van der Waals surface area (Å²) in [6, 6.07) is 14.0. The van der Waals surface area contributed by atoms with Crippen LogP contribution in [-0.2, 0) is 4.79 Å². The lowest BCUT2D eigenvalue weighted by Crippen LogP contribution is -2.50. The third-order valence-electron chi connectivity index (χ3n) is 4.36. The Morgan fingerprint density at radius 2 is 1.80 bits per heavy atom. The summed E-state index contributed by atoms with van der Waals surface area (Å²) in [5.74, 6) is -0.402. The van der Waals surface area contributed by atoms with Crippen LogP contribution in [0.1, 0.15) is 40.5 Å². The van der Waals surface area contributed by atoms with E-state index in [0.717, 1.165) is 17.5 Å². The number of nitrogens with one attached hydrogen (secondary N) is 2. The number of carbonyl (C=O) groups is 3. The third-order valence-corrected chi connectivity index (χ3v) is 4.36. The quantitative estimate of drug-likeness (QED) is 0.843. The first-order valence-electron chi connectivity index (χ1n) is 8.35. The highest BCUT2D eigenvalue weighted by Crippen LogP contribution is 2.24. The van der Waals surface area contributed by atoms with E-state index < -0.39 is 6.04 Å². The van der Waals surface area contributed by atoms with Gasteiger partial charge in [0.15, 0.2) is 5.78 Å². The van der Waals surface area contributed by atoms with Gasteiger partial charge in [-0.1, -0.05) is 36.4 Å². The molecule has 3 rings (SSSR count). The summed E-state index contributed by atoms with van der Waals surface area (Å²) >= 11 is 0. The van der Waals surface area contributed by atoms with Gasteiger partial charge in [0, 0.05) is 17.7 Å². The smallest absolute Gasteiger partial charge is 0.251 e. The van der Waals surface area contributed by atoms with Gasteiger partial charge in [0.2, 0.25) is 5.91 Å². The molecular weight excluding hydrogens is 316 g/mol. The predicted octanol–water partition coefficient (Wildman–Crippen LogP) is 2.56. The molecular formula is C20H20N2O3. The van der Waals surface area contributed by atoms with Crippen LogP contribution in [0.2, 0.25) is 0 Å². The van der Waals surface area contributed by atoms with Crippen molar-refractivity contribution in [3.05, 3.63) is 59.7 Å². The van der Waals surface area contributed by atoms with Crippen molar-refractivity contribution in [1.82, 2.24) is 10.6 Å². The van der Waals surface area contributed by atoms with E-state index in [9.17, 15) is 14.4 Å². The first kappa shape index (κ1) is 16.9. The molecule has 0 radical (unpaired) electrons. The average Bonchev–Trinajstić information content (AvgIpc) is 2.63. The van der Waals surface area contributed by atoms with Crippen molar-refractivity contribution in [2.45, 2.75) is 25.8 Å². The molecule has 0 aromatic heterocycles. The number of carbonyl (C=O) groups excluding carboxylic acids is 3. The summed E-state index contributed by atoms with van der Waals surface area (Å²) in [5.41, 5.74) is 2.85. The van der Waals surface area contributed by atoms with Gasteiger partial charge in [-0.15, -0.1) is 0 Å². The monoisotopic (exact) mass is 336 g/mol. The van der Waals surface area contributed by atoms with Crippen molar-refractivity contribution >= 4 is 17.6 Å². The Morgan fingerprint density at radius 3 is 2.48 bits per heavy atom. The molecule has 1 fully saturated rings. The Hall–Kier alpha value is -2.95. The molecule has 0 aliphatic carbocycles. The number of benzene rings is 2. The third kappa shape index (κ3) is 3.76. The molecule has 2 amide bonds. The van der Waals surface area contributed by atoms with Crippen LogP contribution in [0.3, 0.4) is 0 Å². The lowest BCUT2D eigenvalue weighted by atomic mass is 9.96. The molecule has 0 bridgehead atoms. The van der Waals surface area contributed by atoms with Crippen LogP contribution in [-0.4, -0.2) is 30.2 Å². The molecule has 25 heavy (non-hydrogen) atoms. The normalized spacial score (nSPS) is 16.8. The SMILES string of the molecule is CC(=O)c1ccccc1-c1ccc(C(=O)NC2CCCNC2=O)cc1. The van der Waals surface area contributed by atoms with Gasteiger partial charge in [-0.25, -0.2) is 0 Å². The maximum absolute atomic E-state index is 12.3. The zero-order valence-corrected chi connectivity index (χ0v) is 14.0. The molecule has 2 aromatic rings. The minimum Gasteiger partial charge on any atom is -0.354 e. The Kier molecular flexibility index (Phi) is 4.93. The van der Waals surface area contributed by atoms with E-state index in [4.69, 9.17) is 0 Å². The minimum atomic E-state index is -0.473. The molecule has 0 spiro atoms. The molecule has 2 N–H and O–H groups in total. The standard InChI is InChI=1S/C20H20N2O3/c1-13(23)16-5-2-3-6-17(16)14-8-10-15(11-9-14)19(24)22-18-7-4-12-21-20(18)25/h2-3,5-6,8-11,18H,4,7,12H2,1H3,(H,21,25)(H,22,24). The summed E-state index contributed by atoms with van der Waals surface area (Å²) in [6.45, 7) is 2.20. The topological polar surface area (TPSA) is 75.3 Å². The number of Topliss-reactive ketones (excluding diaryl/α,β-unsaturated/α-hetero) is 1. The highest BCUT2D eigenvalue weighted by molar-refractivity contribution is 6.01. The van der Waals surface area contributed by atoms with Crippen molar-refractivity contribution in [3.8, 4) is 11.1 Å². The van der Waals surface area contributed by atoms with Crippen molar-refractivity contribution in [2.75, 3.05) is 6.54 Å². The van der Waals surface area contributed by atoms with Crippen molar-refractivity contribution in [3.63, 3.8) is 0 Å². The molecule has 128 valence electrons. The molecule has 0 saturated carbocycles. The number of hydrogen-bond acceptors (Lipinski definition) is 3. The van der Waals surface area contributed by atoms with Crippen LogP contribution in [0.5, 0.6) is 0 Å². The van der Waals surface area contributed by atoms with Gasteiger partial charge in [-0.3, -0.25) is 14.4 Å². The van der Waals surface area contributed by atoms with Crippen molar-refractivity contribution in [1.29, 1.82) is 0 Å². The number of ketones is 1. The second kappa shape index (κ2) is 7.30. The molecule has 5 heteroatoms. The number of hydrogen-bond donors (Lipinski definition) is 2. The average molecular weight is 336 g/mol. The Morgan fingerprint density at radius 1 is 1.08 bits per heavy atom. The second-order valence-corrected chi connectivity index (χ2v) is 6.14. The van der Waals surface area contributed by atoms with Gasteiger partial charge in [-0.05, 0) is 43.0 Å². The maximum Gasteiger partial charge on any atom is 0.251 e. The van der Waals surface area contributed by atoms with Crippen LogP contribution >= 0.6 is 0 Å². The minimum absolute atomic E-state index is 0.000676. The zero-order chi connectivity index (χ0) is 17.8. The largest absolute Gasteiger partial charge is 0.354 e. The van der Waals surface area contributed by atoms with Crippen molar-refractivity contribution < 1.29 is 14.4 Å². The van der Waals surface area contributed by atoms with E-state index in [0.29, 0.717) is 24.1 Å². The summed E-state index contributed by atoms with van der Waals surface area (Å²) in [7, 11) is 0. The van der Waals surface area contributed by atoms with Crippen LogP contribution in [0.25, 0.3) is 11.1 Å². The first-order valence-corrected chi connectivity index (χ1v) is 8.35. The van der Waals surface area contributed by atoms with E-state index in [2.05, 4.69) is 10.6 Å². The lowest BCUT2D eigenvalue weighted by Gasteiger charge is -2.22. The molecule has 1 aliphatic heterocycles. The first-order chi connectivity index (χ1) is 12.1. The summed E-state index contributed by atoms with van der Waals surface area (Å²) in [6.07, 6.45) is 1.51. The highest BCUT2D eigenvalue weighted by Gasteiger charge is 2.24. The number of piperidine rings is 1. The Balaban J connectivity index is 1.77. The Bertz CT molecular complexity index is 812. The van der Waals surface area contributed by atoms with Gasteiger partial charge >= 0.3 is 0 Å². The van der Waals surface area contributed by atoms with E-state index in [1.165, 1.54) is 6.92 Å². The Labute approximate surface area is 146 Å². The van der Waals surface area contributed by atoms with E-state index in [1.807, 2.05) is 30.3 Å². The van der Waals surface area contributed by atoms with Gasteiger partial charge in [0.1, 0.15) is 6.04 Å². The highest BCUT2D eigenvalue weighted by atomic mass is 16.2. The summed E-state index contributed by atoms with van der Waals surface area (Å²) in [4.78, 5) is 35.8. The molecule has 5 nitrogen and oxygen atoms in total. The van der Waals surface area contributed by atoms with Crippen molar-refractivity contribution in [2.24, 2.45) is 0 Å². The lowest BCUT2D eigenvalue weighted by molar-refractivity contribution is -0.124. The van der Waals surface area contributed by atoms with Gasteiger partial charge < -0.3 is 10.6 Å². The maximum atomic E-state index is 12.3. The molecule has 2 aromatic carbocycles. The van der Waals surface area contributed by atoms with E-state index in [-0.39, 0.29) is 17.6 Å². The molecule has 1 saturated heterocycles. The second-order valence-electron chi connectivity index (χ2n) is 6.14. The van der Waals surface area contributed by atoms with Crippen LogP contribution < -0.4 is 10.6 Å². The fourth-order valence-electron chi connectivity index (χ4n) is 2.99. The molecule has 1 atom stereocenters. The predicted molar refractivity (Wildman–Crippen MR) is 95.4 cm³/mol. The van der Waals surface area contributed by atoms with Crippen LogP contribution in [0, 0.1) is 0 Å². The van der Waals surface area contributed by atoms with E-state index in [1.54, 1.807) is 18.2 Å². The van der Waals surface area contributed by atoms with Crippen LogP contribution in [0.4, 0.5) is 0 Å². The van der Waals surface area contributed by atoms with E-state index >= 15 is 0 Å². The number of rotatable bonds is 4. The van der Waals surface area contributed by atoms with Gasteiger partial charge in [0.05, 0.1) is 0 Å². The summed E-state index contributed by atoms with van der Waals surface area (Å²) in [5, 5.41) is 5.52. The molecule has 1 aliphatic rings. The molecule has 1 unspecified atom stereocenters.